The van der Waals surface area contributed by atoms with Gasteiger partial charge in [-0.1, -0.05) is 30.3 Å². The Labute approximate surface area is 120 Å². The van der Waals surface area contributed by atoms with Crippen LogP contribution in [0.4, 0.5) is 13.2 Å². The SMILES string of the molecule is C[C@H](N)C(=O)NCC(O)(c1ccccc1)C(F)(F)F.Cl. The molecule has 1 amide bonds. The van der Waals surface area contributed by atoms with Crippen LogP contribution in [-0.2, 0) is 10.4 Å². The number of nitrogens with two attached hydrogens (primary N) is 1. The van der Waals surface area contributed by atoms with E-state index in [4.69, 9.17) is 5.73 Å². The molecule has 0 aromatic heterocycles. The number of nitrogens with one attached hydrogen (secondary N) is 1. The molecule has 0 aliphatic rings. The van der Waals surface area contributed by atoms with E-state index >= 15 is 0 Å². The van der Waals surface area contributed by atoms with Crippen LogP contribution in [0.3, 0.4) is 0 Å². The lowest BCUT2D eigenvalue weighted by molar-refractivity contribution is -0.264. The van der Waals surface area contributed by atoms with Crippen molar-refractivity contribution in [1.29, 1.82) is 0 Å². The van der Waals surface area contributed by atoms with E-state index in [-0.39, 0.29) is 18.0 Å². The minimum Gasteiger partial charge on any atom is -0.375 e. The molecule has 0 saturated heterocycles. The first-order valence-corrected chi connectivity index (χ1v) is 5.56. The van der Waals surface area contributed by atoms with E-state index in [1.54, 1.807) is 0 Å². The first kappa shape index (κ1) is 18.7. The third kappa shape index (κ3) is 4.09. The Balaban J connectivity index is 0.00000361. The fourth-order valence-electron chi connectivity index (χ4n) is 1.46. The fraction of sp³-hybridized carbons (Fsp3) is 0.417. The normalized spacial score (nSPS) is 15.7. The number of rotatable bonds is 4. The second-order valence-corrected chi connectivity index (χ2v) is 4.23. The van der Waals surface area contributed by atoms with Gasteiger partial charge in [0.1, 0.15) is 0 Å². The second-order valence-electron chi connectivity index (χ2n) is 4.23. The van der Waals surface area contributed by atoms with E-state index in [2.05, 4.69) is 0 Å². The zero-order chi connectivity index (χ0) is 14.7. The zero-order valence-corrected chi connectivity index (χ0v) is 11.5. The van der Waals surface area contributed by atoms with E-state index in [9.17, 15) is 23.1 Å². The molecule has 8 heteroatoms. The maximum atomic E-state index is 13.0. The standard InChI is InChI=1S/C12H15F3N2O2.ClH/c1-8(16)10(18)17-7-11(19,12(13,14)15)9-5-3-2-4-6-9;/h2-6,8,19H,7,16H2,1H3,(H,17,18);1H/t8-,11?;/m0./s1. The lowest BCUT2D eigenvalue weighted by Gasteiger charge is -2.31. The quantitative estimate of drug-likeness (QED) is 0.785. The van der Waals surface area contributed by atoms with Gasteiger partial charge in [-0.3, -0.25) is 4.79 Å². The van der Waals surface area contributed by atoms with Crippen molar-refractivity contribution in [2.45, 2.75) is 24.7 Å². The van der Waals surface area contributed by atoms with Crippen molar-refractivity contribution in [3.05, 3.63) is 35.9 Å². The zero-order valence-electron chi connectivity index (χ0n) is 10.6. The van der Waals surface area contributed by atoms with Crippen molar-refractivity contribution < 1.29 is 23.1 Å². The van der Waals surface area contributed by atoms with Gasteiger partial charge in [0.25, 0.3) is 0 Å². The van der Waals surface area contributed by atoms with Gasteiger partial charge in [0.2, 0.25) is 11.5 Å². The van der Waals surface area contributed by atoms with Crippen LogP contribution in [0.15, 0.2) is 30.3 Å². The highest BCUT2D eigenvalue weighted by atomic mass is 35.5. The number of benzene rings is 1. The van der Waals surface area contributed by atoms with Gasteiger partial charge in [-0.15, -0.1) is 12.4 Å². The Morgan fingerprint density at radius 1 is 1.35 bits per heavy atom. The summed E-state index contributed by atoms with van der Waals surface area (Å²) in [5.41, 5.74) is 1.76. The van der Waals surface area contributed by atoms with Gasteiger partial charge in [0.15, 0.2) is 0 Å². The summed E-state index contributed by atoms with van der Waals surface area (Å²) in [5.74, 6) is -0.765. The predicted octanol–water partition coefficient (Wildman–Crippen LogP) is 1.32. The molecule has 0 spiro atoms. The first-order chi connectivity index (χ1) is 8.68. The van der Waals surface area contributed by atoms with E-state index in [0.717, 1.165) is 12.1 Å². The molecule has 114 valence electrons. The van der Waals surface area contributed by atoms with Crippen molar-refractivity contribution in [2.75, 3.05) is 6.54 Å². The van der Waals surface area contributed by atoms with Gasteiger partial charge in [-0.25, -0.2) is 0 Å². The number of carbonyl (C=O) groups excluding carboxylic acids is 1. The summed E-state index contributed by atoms with van der Waals surface area (Å²) >= 11 is 0. The Morgan fingerprint density at radius 3 is 2.25 bits per heavy atom. The maximum Gasteiger partial charge on any atom is 0.423 e. The fourth-order valence-corrected chi connectivity index (χ4v) is 1.46. The Kier molecular flexibility index (Phi) is 6.46. The van der Waals surface area contributed by atoms with Crippen LogP contribution in [-0.4, -0.2) is 29.8 Å². The van der Waals surface area contributed by atoms with E-state index in [0.29, 0.717) is 0 Å². The molecule has 0 aliphatic heterocycles. The highest BCUT2D eigenvalue weighted by molar-refractivity contribution is 5.85. The topological polar surface area (TPSA) is 75.4 Å². The second kappa shape index (κ2) is 6.92. The lowest BCUT2D eigenvalue weighted by atomic mass is 9.93. The highest BCUT2D eigenvalue weighted by Gasteiger charge is 2.55. The van der Waals surface area contributed by atoms with Crippen LogP contribution in [0.5, 0.6) is 0 Å². The molecule has 0 saturated carbocycles. The van der Waals surface area contributed by atoms with Gasteiger partial charge in [0, 0.05) is 0 Å². The summed E-state index contributed by atoms with van der Waals surface area (Å²) in [6.45, 7) is 0.353. The molecule has 0 radical (unpaired) electrons. The minimum absolute atomic E-state index is 0. The molecule has 4 N–H and O–H groups in total. The molecule has 20 heavy (non-hydrogen) atoms. The van der Waals surface area contributed by atoms with Crippen LogP contribution in [0.2, 0.25) is 0 Å². The molecule has 1 rings (SSSR count). The maximum absolute atomic E-state index is 13.0. The molecule has 2 atom stereocenters. The molecule has 1 unspecified atom stereocenters. The van der Waals surface area contributed by atoms with Gasteiger partial charge in [-0.2, -0.15) is 13.2 Å². The molecule has 1 aromatic carbocycles. The van der Waals surface area contributed by atoms with Crippen molar-refractivity contribution in [2.24, 2.45) is 5.73 Å². The van der Waals surface area contributed by atoms with Gasteiger partial charge >= 0.3 is 6.18 Å². The molecule has 0 aliphatic carbocycles. The van der Waals surface area contributed by atoms with E-state index in [1.165, 1.54) is 25.1 Å². The lowest BCUT2D eigenvalue weighted by Crippen LogP contribution is -2.53. The summed E-state index contributed by atoms with van der Waals surface area (Å²) in [4.78, 5) is 11.2. The Morgan fingerprint density at radius 2 is 1.85 bits per heavy atom. The summed E-state index contributed by atoms with van der Waals surface area (Å²) in [7, 11) is 0. The van der Waals surface area contributed by atoms with Crippen LogP contribution in [0.1, 0.15) is 12.5 Å². The summed E-state index contributed by atoms with van der Waals surface area (Å²) in [6.07, 6.45) is -4.92. The van der Waals surface area contributed by atoms with Gasteiger partial charge < -0.3 is 16.2 Å². The number of alkyl halides is 3. The highest BCUT2D eigenvalue weighted by Crippen LogP contribution is 2.38. The number of carbonyl (C=O) groups is 1. The molecule has 0 fully saturated rings. The number of hydrogen-bond acceptors (Lipinski definition) is 3. The smallest absolute Gasteiger partial charge is 0.375 e. The number of halogens is 4. The molecular weight excluding hydrogens is 297 g/mol. The van der Waals surface area contributed by atoms with Crippen molar-refractivity contribution in [3.63, 3.8) is 0 Å². The molecule has 1 aromatic rings. The summed E-state index contributed by atoms with van der Waals surface area (Å²) in [6, 6.07) is 5.62. The van der Waals surface area contributed by atoms with Crippen LogP contribution >= 0.6 is 12.4 Å². The number of amides is 1. The molecule has 4 nitrogen and oxygen atoms in total. The van der Waals surface area contributed by atoms with E-state index < -0.39 is 30.3 Å². The molecule has 0 heterocycles. The Hall–Kier alpha value is -1.31. The summed E-state index contributed by atoms with van der Waals surface area (Å²) in [5, 5.41) is 11.9. The van der Waals surface area contributed by atoms with Crippen molar-refractivity contribution in [3.8, 4) is 0 Å². The number of aliphatic hydroxyl groups is 1. The van der Waals surface area contributed by atoms with Gasteiger partial charge in [0.05, 0.1) is 12.6 Å². The third-order valence-electron chi connectivity index (χ3n) is 2.65. The third-order valence-corrected chi connectivity index (χ3v) is 2.65. The average molecular weight is 313 g/mol. The minimum atomic E-state index is -4.92. The summed E-state index contributed by atoms with van der Waals surface area (Å²) < 4.78 is 39.0. The van der Waals surface area contributed by atoms with Crippen LogP contribution < -0.4 is 11.1 Å². The van der Waals surface area contributed by atoms with Crippen molar-refractivity contribution in [1.82, 2.24) is 5.32 Å². The first-order valence-electron chi connectivity index (χ1n) is 5.56. The molecule has 0 bridgehead atoms. The monoisotopic (exact) mass is 312 g/mol. The average Bonchev–Trinajstić information content (AvgIpc) is 2.35. The Bertz CT molecular complexity index is 440. The predicted molar refractivity (Wildman–Crippen MR) is 70.3 cm³/mol. The van der Waals surface area contributed by atoms with Crippen LogP contribution in [0.25, 0.3) is 0 Å². The van der Waals surface area contributed by atoms with E-state index in [1.807, 2.05) is 5.32 Å². The van der Waals surface area contributed by atoms with Crippen LogP contribution in [0, 0.1) is 0 Å². The largest absolute Gasteiger partial charge is 0.423 e. The van der Waals surface area contributed by atoms with Gasteiger partial charge in [-0.05, 0) is 12.5 Å². The molecular formula is C12H16ClF3N2O2. The number of hydrogen-bond donors (Lipinski definition) is 3. The van der Waals surface area contributed by atoms with Crippen molar-refractivity contribution >= 4 is 18.3 Å².